The van der Waals surface area contributed by atoms with Gasteiger partial charge in [-0.2, -0.15) is 5.26 Å². The molecule has 4 nitrogen and oxygen atoms in total. The van der Waals surface area contributed by atoms with E-state index in [1.165, 1.54) is 4.90 Å². The first-order valence-corrected chi connectivity index (χ1v) is 3.86. The predicted octanol–water partition coefficient (Wildman–Crippen LogP) is 1.38. The molecule has 0 aromatic rings. The molecular formula is C8H14N2O2. The van der Waals surface area contributed by atoms with Crippen LogP contribution in [-0.4, -0.2) is 30.7 Å². The molecule has 0 atom stereocenters. The normalized spacial score (nSPS) is 9.25. The standard InChI is InChI=1S/C8H14N2O2/c1-7(2)10(3)8(11)12-6-4-5-9/h7H,4,6H2,1-3H3. The number of hydrogen-bond acceptors (Lipinski definition) is 3. The van der Waals surface area contributed by atoms with Gasteiger partial charge in [-0.3, -0.25) is 0 Å². The summed E-state index contributed by atoms with van der Waals surface area (Å²) in [7, 11) is 1.67. The van der Waals surface area contributed by atoms with E-state index < -0.39 is 0 Å². The fourth-order valence-electron chi connectivity index (χ4n) is 0.497. The fourth-order valence-corrected chi connectivity index (χ4v) is 0.497. The van der Waals surface area contributed by atoms with Gasteiger partial charge in [0.1, 0.15) is 6.61 Å². The molecular weight excluding hydrogens is 156 g/mol. The van der Waals surface area contributed by atoms with Gasteiger partial charge >= 0.3 is 6.09 Å². The lowest BCUT2D eigenvalue weighted by molar-refractivity contribution is 0.104. The summed E-state index contributed by atoms with van der Waals surface area (Å²) in [5.74, 6) is 0. The van der Waals surface area contributed by atoms with Crippen molar-refractivity contribution in [2.75, 3.05) is 13.7 Å². The zero-order chi connectivity index (χ0) is 9.56. The van der Waals surface area contributed by atoms with Crippen LogP contribution < -0.4 is 0 Å². The lowest BCUT2D eigenvalue weighted by Crippen LogP contribution is -2.33. The quantitative estimate of drug-likeness (QED) is 0.601. The Hall–Kier alpha value is -1.24. The number of amides is 1. The van der Waals surface area contributed by atoms with Crippen LogP contribution in [0.15, 0.2) is 0 Å². The molecule has 4 heteroatoms. The molecule has 0 rings (SSSR count). The molecule has 0 aliphatic heterocycles. The van der Waals surface area contributed by atoms with E-state index in [0.717, 1.165) is 0 Å². The Bertz CT molecular complexity index is 184. The van der Waals surface area contributed by atoms with Crippen molar-refractivity contribution in [2.45, 2.75) is 26.3 Å². The van der Waals surface area contributed by atoms with Crippen LogP contribution in [-0.2, 0) is 4.74 Å². The van der Waals surface area contributed by atoms with Crippen LogP contribution in [0.1, 0.15) is 20.3 Å². The van der Waals surface area contributed by atoms with Crippen molar-refractivity contribution in [1.29, 1.82) is 5.26 Å². The summed E-state index contributed by atoms with van der Waals surface area (Å²) in [5.41, 5.74) is 0. The summed E-state index contributed by atoms with van der Waals surface area (Å²) in [6, 6.07) is 2.02. The Kier molecular flexibility index (Phi) is 4.86. The van der Waals surface area contributed by atoms with E-state index in [1.807, 2.05) is 19.9 Å². The lowest BCUT2D eigenvalue weighted by atomic mass is 10.4. The van der Waals surface area contributed by atoms with E-state index in [1.54, 1.807) is 7.05 Å². The molecule has 1 amide bonds. The van der Waals surface area contributed by atoms with Crippen molar-refractivity contribution < 1.29 is 9.53 Å². The minimum atomic E-state index is -0.375. The third kappa shape index (κ3) is 3.81. The van der Waals surface area contributed by atoms with E-state index >= 15 is 0 Å². The van der Waals surface area contributed by atoms with Gasteiger partial charge in [-0.15, -0.1) is 0 Å². The van der Waals surface area contributed by atoms with Crippen LogP contribution in [0.2, 0.25) is 0 Å². The second-order valence-electron chi connectivity index (χ2n) is 2.73. The van der Waals surface area contributed by atoms with Crippen LogP contribution in [0, 0.1) is 11.3 Å². The summed E-state index contributed by atoms with van der Waals surface area (Å²) in [6.07, 6.45) is -0.127. The Morgan fingerprint density at radius 3 is 2.67 bits per heavy atom. The van der Waals surface area contributed by atoms with Gasteiger partial charge in [-0.25, -0.2) is 4.79 Å². The first kappa shape index (κ1) is 10.8. The van der Waals surface area contributed by atoms with Crippen LogP contribution >= 0.6 is 0 Å². The predicted molar refractivity (Wildman–Crippen MR) is 44.5 cm³/mol. The molecule has 0 bridgehead atoms. The van der Waals surface area contributed by atoms with Crippen molar-refractivity contribution in [3.8, 4) is 6.07 Å². The lowest BCUT2D eigenvalue weighted by Gasteiger charge is -2.20. The summed E-state index contributed by atoms with van der Waals surface area (Å²) >= 11 is 0. The molecule has 12 heavy (non-hydrogen) atoms. The molecule has 0 aromatic carbocycles. The first-order valence-electron chi connectivity index (χ1n) is 3.86. The van der Waals surface area contributed by atoms with Gasteiger partial charge in [0, 0.05) is 13.1 Å². The Balaban J connectivity index is 3.66. The van der Waals surface area contributed by atoms with E-state index in [0.29, 0.717) is 0 Å². The minimum absolute atomic E-state index is 0.125. The van der Waals surface area contributed by atoms with E-state index in [2.05, 4.69) is 0 Å². The van der Waals surface area contributed by atoms with Crippen molar-refractivity contribution in [1.82, 2.24) is 4.90 Å². The molecule has 0 aliphatic carbocycles. The molecule has 0 spiro atoms. The third-order valence-electron chi connectivity index (χ3n) is 1.50. The van der Waals surface area contributed by atoms with E-state index in [9.17, 15) is 4.79 Å². The highest BCUT2D eigenvalue weighted by atomic mass is 16.6. The maximum absolute atomic E-state index is 11.1. The topological polar surface area (TPSA) is 53.3 Å². The van der Waals surface area contributed by atoms with Gasteiger partial charge in [-0.05, 0) is 13.8 Å². The van der Waals surface area contributed by atoms with Gasteiger partial charge in [-0.1, -0.05) is 0 Å². The number of hydrogen-bond donors (Lipinski definition) is 0. The van der Waals surface area contributed by atoms with E-state index in [-0.39, 0.29) is 25.2 Å². The van der Waals surface area contributed by atoms with Gasteiger partial charge < -0.3 is 9.64 Å². The SMILES string of the molecule is CC(C)N(C)C(=O)OCCC#N. The molecule has 0 radical (unpaired) electrons. The minimum Gasteiger partial charge on any atom is -0.448 e. The molecule has 0 N–H and O–H groups in total. The molecule has 0 heterocycles. The van der Waals surface area contributed by atoms with Crippen molar-refractivity contribution >= 4 is 6.09 Å². The number of carbonyl (C=O) groups is 1. The molecule has 0 saturated heterocycles. The van der Waals surface area contributed by atoms with Gasteiger partial charge in [0.25, 0.3) is 0 Å². The monoisotopic (exact) mass is 170 g/mol. The average Bonchev–Trinajstić information content (AvgIpc) is 2.03. The molecule has 0 aliphatic rings. The molecule has 0 saturated carbocycles. The zero-order valence-electron chi connectivity index (χ0n) is 7.70. The van der Waals surface area contributed by atoms with Crippen molar-refractivity contribution in [3.63, 3.8) is 0 Å². The zero-order valence-corrected chi connectivity index (χ0v) is 7.70. The van der Waals surface area contributed by atoms with Crippen LogP contribution in [0.4, 0.5) is 4.79 Å². The van der Waals surface area contributed by atoms with Crippen molar-refractivity contribution in [2.24, 2.45) is 0 Å². The molecule has 0 aromatic heterocycles. The highest BCUT2D eigenvalue weighted by Gasteiger charge is 2.11. The van der Waals surface area contributed by atoms with Gasteiger partial charge in [0.2, 0.25) is 0 Å². The second-order valence-corrected chi connectivity index (χ2v) is 2.73. The van der Waals surface area contributed by atoms with Crippen LogP contribution in [0.3, 0.4) is 0 Å². The van der Waals surface area contributed by atoms with E-state index in [4.69, 9.17) is 10.00 Å². The number of carbonyl (C=O) groups excluding carboxylic acids is 1. The second kappa shape index (κ2) is 5.42. The fraction of sp³-hybridized carbons (Fsp3) is 0.750. The maximum atomic E-state index is 11.1. The van der Waals surface area contributed by atoms with Crippen LogP contribution in [0.25, 0.3) is 0 Å². The van der Waals surface area contributed by atoms with Crippen LogP contribution in [0.5, 0.6) is 0 Å². The third-order valence-corrected chi connectivity index (χ3v) is 1.50. The largest absolute Gasteiger partial charge is 0.448 e. The summed E-state index contributed by atoms with van der Waals surface area (Å²) < 4.78 is 4.77. The van der Waals surface area contributed by atoms with Crippen molar-refractivity contribution in [3.05, 3.63) is 0 Å². The highest BCUT2D eigenvalue weighted by Crippen LogP contribution is 1.97. The summed E-state index contributed by atoms with van der Waals surface area (Å²) in [5, 5.41) is 8.17. The summed E-state index contributed by atoms with van der Waals surface area (Å²) in [4.78, 5) is 12.5. The Labute approximate surface area is 72.7 Å². The molecule has 0 unspecified atom stereocenters. The summed E-state index contributed by atoms with van der Waals surface area (Å²) in [6.45, 7) is 3.96. The number of rotatable bonds is 3. The van der Waals surface area contributed by atoms with Gasteiger partial charge in [0.05, 0.1) is 12.5 Å². The Morgan fingerprint density at radius 1 is 1.67 bits per heavy atom. The average molecular weight is 170 g/mol. The number of nitrogens with zero attached hydrogens (tertiary/aromatic N) is 2. The smallest absolute Gasteiger partial charge is 0.409 e. The first-order chi connectivity index (χ1) is 5.59. The maximum Gasteiger partial charge on any atom is 0.409 e. The molecule has 0 fully saturated rings. The van der Waals surface area contributed by atoms with Gasteiger partial charge in [0.15, 0.2) is 0 Å². The number of ether oxygens (including phenoxy) is 1. The highest BCUT2D eigenvalue weighted by molar-refractivity contribution is 5.67. The Morgan fingerprint density at radius 2 is 2.25 bits per heavy atom. The molecule has 68 valence electrons. The number of nitriles is 1.